The van der Waals surface area contributed by atoms with E-state index in [1.807, 2.05) is 12.1 Å². The van der Waals surface area contributed by atoms with E-state index in [-0.39, 0.29) is 6.03 Å². The number of benzene rings is 2. The number of aromatic nitrogens is 1. The Morgan fingerprint density at radius 2 is 1.79 bits per heavy atom. The van der Waals surface area contributed by atoms with Gasteiger partial charge >= 0.3 is 6.03 Å². The molecular formula is C23H28N4O. The number of nitrogens with zero attached hydrogens (tertiary/aromatic N) is 1. The topological polar surface area (TPSA) is 60.2 Å². The van der Waals surface area contributed by atoms with Gasteiger partial charge in [-0.3, -0.25) is 0 Å². The third-order valence-corrected chi connectivity index (χ3v) is 5.55. The molecule has 3 aromatic rings. The lowest BCUT2D eigenvalue weighted by molar-refractivity contribution is 0.240. The first-order valence-electron chi connectivity index (χ1n) is 10.1. The Morgan fingerprint density at radius 1 is 1.04 bits per heavy atom. The Morgan fingerprint density at radius 3 is 2.57 bits per heavy atom. The first-order valence-corrected chi connectivity index (χ1v) is 10.1. The van der Waals surface area contributed by atoms with Crippen molar-refractivity contribution in [2.45, 2.75) is 32.7 Å². The van der Waals surface area contributed by atoms with E-state index < -0.39 is 0 Å². The molecule has 0 radical (unpaired) electrons. The van der Waals surface area contributed by atoms with E-state index in [0.29, 0.717) is 13.1 Å². The molecule has 0 bridgehead atoms. The van der Waals surface area contributed by atoms with Crippen LogP contribution in [0.2, 0.25) is 0 Å². The monoisotopic (exact) mass is 376 g/mol. The normalized spacial score (nSPS) is 13.8. The average Bonchev–Trinajstić information content (AvgIpc) is 3.35. The van der Waals surface area contributed by atoms with Gasteiger partial charge in [0, 0.05) is 48.5 Å². The van der Waals surface area contributed by atoms with E-state index in [9.17, 15) is 4.79 Å². The predicted octanol–water partition coefficient (Wildman–Crippen LogP) is 4.12. The Hall–Kier alpha value is -2.95. The van der Waals surface area contributed by atoms with Crippen LogP contribution in [-0.4, -0.2) is 30.6 Å². The van der Waals surface area contributed by atoms with Crippen molar-refractivity contribution >= 4 is 22.6 Å². The number of aromatic amines is 1. The van der Waals surface area contributed by atoms with Gasteiger partial charge in [0.1, 0.15) is 0 Å². The van der Waals surface area contributed by atoms with Crippen LogP contribution >= 0.6 is 0 Å². The summed E-state index contributed by atoms with van der Waals surface area (Å²) in [6.45, 7) is 5.54. The summed E-state index contributed by atoms with van der Waals surface area (Å²) in [6, 6.07) is 16.7. The lowest BCUT2D eigenvalue weighted by atomic mass is 10.1. The van der Waals surface area contributed by atoms with Gasteiger partial charge in [0.15, 0.2) is 0 Å². The molecule has 4 rings (SSSR count). The quantitative estimate of drug-likeness (QED) is 0.606. The zero-order chi connectivity index (χ0) is 19.3. The zero-order valence-corrected chi connectivity index (χ0v) is 16.4. The molecule has 0 aliphatic carbocycles. The van der Waals surface area contributed by atoms with E-state index >= 15 is 0 Å². The summed E-state index contributed by atoms with van der Waals surface area (Å²) in [7, 11) is 0. The SMILES string of the molecule is Cc1[nH]c2ccccc2c1CCNC(=O)NCc1ccc(N2CCCC2)cc1. The van der Waals surface area contributed by atoms with Crippen LogP contribution in [-0.2, 0) is 13.0 Å². The van der Waals surface area contributed by atoms with E-state index in [2.05, 4.69) is 63.8 Å². The van der Waals surface area contributed by atoms with E-state index in [0.717, 1.165) is 30.6 Å². The molecule has 1 saturated heterocycles. The number of urea groups is 1. The van der Waals surface area contributed by atoms with Crippen molar-refractivity contribution in [1.82, 2.24) is 15.6 Å². The lowest BCUT2D eigenvalue weighted by Gasteiger charge is -2.17. The van der Waals surface area contributed by atoms with Crippen LogP contribution in [0.5, 0.6) is 0 Å². The van der Waals surface area contributed by atoms with Gasteiger partial charge in [0.2, 0.25) is 0 Å². The third-order valence-electron chi connectivity index (χ3n) is 5.55. The molecule has 5 heteroatoms. The summed E-state index contributed by atoms with van der Waals surface area (Å²) >= 11 is 0. The van der Waals surface area contributed by atoms with Gasteiger partial charge in [-0.25, -0.2) is 4.79 Å². The smallest absolute Gasteiger partial charge is 0.315 e. The number of anilines is 1. The van der Waals surface area contributed by atoms with E-state index in [1.54, 1.807) is 0 Å². The summed E-state index contributed by atoms with van der Waals surface area (Å²) in [6.07, 6.45) is 3.37. The molecular weight excluding hydrogens is 348 g/mol. The standard InChI is InChI=1S/C23H28N4O/c1-17-20(21-6-2-3-7-22(21)26-17)12-13-24-23(28)25-16-18-8-10-19(11-9-18)27-14-4-5-15-27/h2-3,6-11,26H,4-5,12-16H2,1H3,(H2,24,25,28). The Balaban J connectivity index is 1.24. The van der Waals surface area contributed by atoms with Gasteiger partial charge in [-0.1, -0.05) is 30.3 Å². The maximum absolute atomic E-state index is 12.1. The number of carbonyl (C=O) groups excluding carboxylic acids is 1. The summed E-state index contributed by atoms with van der Waals surface area (Å²) in [4.78, 5) is 17.9. The Kier molecular flexibility index (Phi) is 5.51. The number of H-pyrrole nitrogens is 1. The van der Waals surface area contributed by atoms with Crippen molar-refractivity contribution < 1.29 is 4.79 Å². The number of hydrogen-bond donors (Lipinski definition) is 3. The Bertz CT molecular complexity index is 939. The number of carbonyl (C=O) groups is 1. The zero-order valence-electron chi connectivity index (χ0n) is 16.4. The first-order chi connectivity index (χ1) is 13.7. The second kappa shape index (κ2) is 8.38. The number of aryl methyl sites for hydroxylation is 1. The van der Waals surface area contributed by atoms with Crippen molar-refractivity contribution in [3.63, 3.8) is 0 Å². The van der Waals surface area contributed by atoms with Crippen molar-refractivity contribution in [2.75, 3.05) is 24.5 Å². The van der Waals surface area contributed by atoms with Gasteiger partial charge in [0.25, 0.3) is 0 Å². The molecule has 1 aliphatic heterocycles. The second-order valence-electron chi connectivity index (χ2n) is 7.49. The number of nitrogens with one attached hydrogen (secondary N) is 3. The number of amides is 2. The summed E-state index contributed by atoms with van der Waals surface area (Å²) in [5.74, 6) is 0. The number of para-hydroxylation sites is 1. The number of hydrogen-bond acceptors (Lipinski definition) is 2. The summed E-state index contributed by atoms with van der Waals surface area (Å²) in [5.41, 5.74) is 5.98. The van der Waals surface area contributed by atoms with Crippen molar-refractivity contribution in [3.05, 3.63) is 65.4 Å². The molecule has 0 saturated carbocycles. The molecule has 2 amide bonds. The van der Waals surface area contributed by atoms with Crippen LogP contribution in [0.1, 0.15) is 29.7 Å². The highest BCUT2D eigenvalue weighted by molar-refractivity contribution is 5.84. The largest absolute Gasteiger partial charge is 0.372 e. The van der Waals surface area contributed by atoms with Crippen molar-refractivity contribution in [3.8, 4) is 0 Å². The van der Waals surface area contributed by atoms with Crippen molar-refractivity contribution in [1.29, 1.82) is 0 Å². The predicted molar refractivity (Wildman–Crippen MR) is 115 cm³/mol. The first kappa shape index (κ1) is 18.4. The fourth-order valence-corrected chi connectivity index (χ4v) is 4.00. The summed E-state index contributed by atoms with van der Waals surface area (Å²) < 4.78 is 0. The maximum Gasteiger partial charge on any atom is 0.315 e. The van der Waals surface area contributed by atoms with Gasteiger partial charge < -0.3 is 20.5 Å². The molecule has 2 heterocycles. The van der Waals surface area contributed by atoms with Crippen LogP contribution in [0.3, 0.4) is 0 Å². The molecule has 3 N–H and O–H groups in total. The summed E-state index contributed by atoms with van der Waals surface area (Å²) in [5, 5.41) is 7.15. The van der Waals surface area contributed by atoms with E-state index in [4.69, 9.17) is 0 Å². The fraction of sp³-hybridized carbons (Fsp3) is 0.348. The molecule has 1 fully saturated rings. The minimum atomic E-state index is -0.124. The third kappa shape index (κ3) is 4.14. The minimum Gasteiger partial charge on any atom is -0.372 e. The second-order valence-corrected chi connectivity index (χ2v) is 7.49. The van der Waals surface area contributed by atoms with Gasteiger partial charge in [-0.2, -0.15) is 0 Å². The van der Waals surface area contributed by atoms with Crippen LogP contribution in [0, 0.1) is 6.92 Å². The minimum absolute atomic E-state index is 0.124. The molecule has 1 aromatic heterocycles. The number of rotatable bonds is 6. The van der Waals surface area contributed by atoms with Crippen LogP contribution in [0.25, 0.3) is 10.9 Å². The Labute approximate surface area is 166 Å². The van der Waals surface area contributed by atoms with Gasteiger partial charge in [-0.15, -0.1) is 0 Å². The molecule has 0 atom stereocenters. The highest BCUT2D eigenvalue weighted by Gasteiger charge is 2.12. The molecule has 146 valence electrons. The average molecular weight is 377 g/mol. The fourth-order valence-electron chi connectivity index (χ4n) is 4.00. The van der Waals surface area contributed by atoms with Crippen LogP contribution < -0.4 is 15.5 Å². The molecule has 5 nitrogen and oxygen atoms in total. The van der Waals surface area contributed by atoms with Crippen molar-refractivity contribution in [2.24, 2.45) is 0 Å². The highest BCUT2D eigenvalue weighted by atomic mass is 16.2. The molecule has 0 spiro atoms. The lowest BCUT2D eigenvalue weighted by Crippen LogP contribution is -2.36. The molecule has 1 aliphatic rings. The number of fused-ring (bicyclic) bond motifs is 1. The van der Waals surface area contributed by atoms with Crippen LogP contribution in [0.4, 0.5) is 10.5 Å². The highest BCUT2D eigenvalue weighted by Crippen LogP contribution is 2.22. The maximum atomic E-state index is 12.1. The molecule has 2 aromatic carbocycles. The molecule has 0 unspecified atom stereocenters. The van der Waals surface area contributed by atoms with Crippen LogP contribution in [0.15, 0.2) is 48.5 Å². The van der Waals surface area contributed by atoms with Gasteiger partial charge in [-0.05, 0) is 55.5 Å². The molecule has 28 heavy (non-hydrogen) atoms. The van der Waals surface area contributed by atoms with Gasteiger partial charge in [0.05, 0.1) is 0 Å². The van der Waals surface area contributed by atoms with E-state index in [1.165, 1.54) is 35.2 Å².